The molecule has 1 aliphatic carbocycles. The number of fused-ring (bicyclic) bond motifs is 1. The zero-order valence-corrected chi connectivity index (χ0v) is 18.1. The molecule has 0 spiro atoms. The summed E-state index contributed by atoms with van der Waals surface area (Å²) in [5.74, 6) is -0.0460. The standard InChI is InChI=1S/C20H29N3O3S2/c1-26-19(25)17-14-8-4-2-3-5-9-15(14)28-18(17)22-20(27)21-11-7-13-23-12-6-10-16(23)24/h2-13H2,1H3,(H2,21,22,27). The lowest BCUT2D eigenvalue weighted by Gasteiger charge is -2.16. The Hall–Kier alpha value is -1.67. The van der Waals surface area contributed by atoms with Crippen molar-refractivity contribution < 1.29 is 14.3 Å². The lowest BCUT2D eigenvalue weighted by atomic mass is 9.96. The fourth-order valence-corrected chi connectivity index (χ4v) is 5.44. The van der Waals surface area contributed by atoms with Crippen molar-refractivity contribution in [1.29, 1.82) is 0 Å². The third kappa shape index (κ3) is 5.23. The molecule has 0 atom stereocenters. The SMILES string of the molecule is COC(=O)c1c(NC(=S)NCCCN2CCCC2=O)sc2c1CCCCCC2. The largest absolute Gasteiger partial charge is 0.465 e. The first-order chi connectivity index (χ1) is 13.6. The van der Waals surface area contributed by atoms with E-state index in [0.717, 1.165) is 62.2 Å². The second kappa shape index (κ2) is 10.2. The molecule has 6 nitrogen and oxygen atoms in total. The molecule has 1 amide bonds. The molecule has 1 aromatic rings. The molecule has 0 unspecified atom stereocenters. The van der Waals surface area contributed by atoms with Crippen LogP contribution in [0.4, 0.5) is 5.00 Å². The first kappa shape index (κ1) is 21.0. The molecular weight excluding hydrogens is 394 g/mol. The number of ether oxygens (including phenoxy) is 1. The number of thiocarbonyl (C=S) groups is 1. The summed E-state index contributed by atoms with van der Waals surface area (Å²) in [5, 5.41) is 7.70. The molecule has 2 heterocycles. The average Bonchev–Trinajstić information content (AvgIpc) is 3.21. The van der Waals surface area contributed by atoms with Crippen LogP contribution < -0.4 is 10.6 Å². The summed E-state index contributed by atoms with van der Waals surface area (Å²) in [5.41, 5.74) is 1.78. The summed E-state index contributed by atoms with van der Waals surface area (Å²) < 4.78 is 5.05. The first-order valence-electron chi connectivity index (χ1n) is 10.2. The molecule has 8 heteroatoms. The number of aryl methyl sites for hydroxylation is 1. The third-order valence-corrected chi connectivity index (χ3v) is 6.80. The van der Waals surface area contributed by atoms with Gasteiger partial charge in [0.2, 0.25) is 5.91 Å². The number of amides is 1. The molecule has 154 valence electrons. The number of hydrogen-bond donors (Lipinski definition) is 2. The van der Waals surface area contributed by atoms with Gasteiger partial charge in [-0.15, -0.1) is 11.3 Å². The Labute approximate surface area is 176 Å². The van der Waals surface area contributed by atoms with Crippen LogP contribution in [0.1, 0.15) is 65.7 Å². The van der Waals surface area contributed by atoms with Crippen molar-refractivity contribution in [2.45, 2.75) is 57.8 Å². The molecule has 0 radical (unpaired) electrons. The Morgan fingerprint density at radius 2 is 1.96 bits per heavy atom. The number of carbonyl (C=O) groups excluding carboxylic acids is 2. The van der Waals surface area contributed by atoms with E-state index in [9.17, 15) is 9.59 Å². The molecule has 1 fully saturated rings. The highest BCUT2D eigenvalue weighted by Gasteiger charge is 2.25. The second-order valence-electron chi connectivity index (χ2n) is 7.33. The fraction of sp³-hybridized carbons (Fsp3) is 0.650. The van der Waals surface area contributed by atoms with Crippen LogP contribution in [0.25, 0.3) is 0 Å². The van der Waals surface area contributed by atoms with Crippen molar-refractivity contribution in [3.05, 3.63) is 16.0 Å². The van der Waals surface area contributed by atoms with Gasteiger partial charge in [-0.1, -0.05) is 12.8 Å². The molecule has 0 aromatic carbocycles. The van der Waals surface area contributed by atoms with Gasteiger partial charge in [0.05, 0.1) is 12.7 Å². The minimum Gasteiger partial charge on any atom is -0.465 e. The average molecular weight is 424 g/mol. The topological polar surface area (TPSA) is 70.7 Å². The van der Waals surface area contributed by atoms with Crippen LogP contribution >= 0.6 is 23.6 Å². The van der Waals surface area contributed by atoms with E-state index >= 15 is 0 Å². The van der Waals surface area contributed by atoms with Gasteiger partial charge in [-0.25, -0.2) is 4.79 Å². The number of methoxy groups -OCH3 is 1. The molecule has 1 aliphatic heterocycles. The minimum atomic E-state index is -0.295. The summed E-state index contributed by atoms with van der Waals surface area (Å²) in [6.07, 6.45) is 9.12. The lowest BCUT2D eigenvalue weighted by Crippen LogP contribution is -2.33. The molecule has 28 heavy (non-hydrogen) atoms. The Morgan fingerprint density at radius 3 is 2.68 bits per heavy atom. The number of thiophene rings is 1. The van der Waals surface area contributed by atoms with E-state index < -0.39 is 0 Å². The van der Waals surface area contributed by atoms with Gasteiger partial charge in [-0.05, 0) is 56.3 Å². The van der Waals surface area contributed by atoms with Crippen molar-refractivity contribution in [3.63, 3.8) is 0 Å². The number of rotatable bonds is 6. The van der Waals surface area contributed by atoms with Gasteiger partial charge >= 0.3 is 5.97 Å². The van der Waals surface area contributed by atoms with Gasteiger partial charge in [0.25, 0.3) is 0 Å². The van der Waals surface area contributed by atoms with Crippen molar-refractivity contribution in [3.8, 4) is 0 Å². The number of nitrogens with zero attached hydrogens (tertiary/aromatic N) is 1. The fourth-order valence-electron chi connectivity index (χ4n) is 3.89. The predicted molar refractivity (Wildman–Crippen MR) is 116 cm³/mol. The van der Waals surface area contributed by atoms with E-state index in [4.69, 9.17) is 17.0 Å². The summed E-state index contributed by atoms with van der Waals surface area (Å²) in [4.78, 5) is 27.3. The van der Waals surface area contributed by atoms with Crippen LogP contribution in [0.15, 0.2) is 0 Å². The number of nitrogens with one attached hydrogen (secondary N) is 2. The zero-order chi connectivity index (χ0) is 19.9. The Balaban J connectivity index is 1.59. The molecule has 0 saturated carbocycles. The second-order valence-corrected chi connectivity index (χ2v) is 8.85. The van der Waals surface area contributed by atoms with Gasteiger partial charge in [0.1, 0.15) is 5.00 Å². The Bertz CT molecular complexity index is 733. The van der Waals surface area contributed by atoms with Crippen molar-refractivity contribution in [2.24, 2.45) is 0 Å². The summed E-state index contributed by atoms with van der Waals surface area (Å²) >= 11 is 7.06. The van der Waals surface area contributed by atoms with Gasteiger partial charge < -0.3 is 20.3 Å². The van der Waals surface area contributed by atoms with Gasteiger partial charge in [-0.3, -0.25) is 4.79 Å². The van der Waals surface area contributed by atoms with Crippen molar-refractivity contribution >= 4 is 45.5 Å². The van der Waals surface area contributed by atoms with E-state index in [0.29, 0.717) is 23.6 Å². The molecule has 1 saturated heterocycles. The Morgan fingerprint density at radius 1 is 1.18 bits per heavy atom. The van der Waals surface area contributed by atoms with E-state index in [1.54, 1.807) is 11.3 Å². The highest BCUT2D eigenvalue weighted by Crippen LogP contribution is 2.37. The molecule has 3 rings (SSSR count). The van der Waals surface area contributed by atoms with E-state index in [-0.39, 0.29) is 11.9 Å². The molecule has 0 bridgehead atoms. The first-order valence-corrected chi connectivity index (χ1v) is 11.4. The summed E-state index contributed by atoms with van der Waals surface area (Å²) in [6.45, 7) is 2.31. The van der Waals surface area contributed by atoms with Crippen LogP contribution in [0, 0.1) is 0 Å². The highest BCUT2D eigenvalue weighted by atomic mass is 32.1. The maximum atomic E-state index is 12.4. The predicted octanol–water partition coefficient (Wildman–Crippen LogP) is 3.49. The maximum Gasteiger partial charge on any atom is 0.341 e. The number of anilines is 1. The minimum absolute atomic E-state index is 0.249. The monoisotopic (exact) mass is 423 g/mol. The Kier molecular flexibility index (Phi) is 7.67. The third-order valence-electron chi connectivity index (χ3n) is 5.35. The molecule has 1 aromatic heterocycles. The van der Waals surface area contributed by atoms with Crippen LogP contribution in [-0.2, 0) is 22.4 Å². The van der Waals surface area contributed by atoms with Crippen LogP contribution in [0.2, 0.25) is 0 Å². The molecule has 2 N–H and O–H groups in total. The number of likely N-dealkylation sites (tertiary alicyclic amines) is 1. The van der Waals surface area contributed by atoms with Gasteiger partial charge in [0.15, 0.2) is 5.11 Å². The zero-order valence-electron chi connectivity index (χ0n) is 16.5. The summed E-state index contributed by atoms with van der Waals surface area (Å²) in [7, 11) is 1.43. The number of hydrogen-bond acceptors (Lipinski definition) is 5. The van der Waals surface area contributed by atoms with Crippen LogP contribution in [-0.4, -0.2) is 48.6 Å². The smallest absolute Gasteiger partial charge is 0.341 e. The van der Waals surface area contributed by atoms with Crippen LogP contribution in [0.5, 0.6) is 0 Å². The van der Waals surface area contributed by atoms with Gasteiger partial charge in [-0.2, -0.15) is 0 Å². The normalized spacial score (nSPS) is 16.9. The van der Waals surface area contributed by atoms with E-state index in [2.05, 4.69) is 10.6 Å². The lowest BCUT2D eigenvalue weighted by molar-refractivity contribution is -0.127. The van der Waals surface area contributed by atoms with Crippen molar-refractivity contribution in [2.75, 3.05) is 32.1 Å². The van der Waals surface area contributed by atoms with Crippen molar-refractivity contribution in [1.82, 2.24) is 10.2 Å². The van der Waals surface area contributed by atoms with Gasteiger partial charge in [0, 0.05) is 30.9 Å². The highest BCUT2D eigenvalue weighted by molar-refractivity contribution is 7.80. The quantitative estimate of drug-likeness (QED) is 0.415. The van der Waals surface area contributed by atoms with E-state index in [1.807, 2.05) is 4.90 Å². The number of esters is 1. The maximum absolute atomic E-state index is 12.4. The number of carbonyl (C=O) groups is 2. The molecule has 2 aliphatic rings. The van der Waals surface area contributed by atoms with E-state index in [1.165, 1.54) is 24.8 Å². The van der Waals surface area contributed by atoms with Crippen LogP contribution in [0.3, 0.4) is 0 Å². The molecular formula is C20H29N3O3S2. The summed E-state index contributed by atoms with van der Waals surface area (Å²) in [6, 6.07) is 0.